The van der Waals surface area contributed by atoms with Gasteiger partial charge in [0.25, 0.3) is 0 Å². The summed E-state index contributed by atoms with van der Waals surface area (Å²) in [7, 11) is 11.3. The van der Waals surface area contributed by atoms with Crippen LogP contribution in [0, 0.1) is 0 Å². The van der Waals surface area contributed by atoms with Crippen molar-refractivity contribution >= 4 is 40.5 Å². The molecule has 0 saturated heterocycles. The van der Waals surface area contributed by atoms with Crippen LogP contribution in [0.2, 0.25) is 0 Å². The van der Waals surface area contributed by atoms with Crippen LogP contribution in [0.1, 0.15) is 380 Å². The summed E-state index contributed by atoms with van der Waals surface area (Å²) in [5, 5.41) is 18.6. The zero-order valence-corrected chi connectivity index (χ0v) is 81.6. The van der Waals surface area contributed by atoms with Crippen LogP contribution in [0.25, 0.3) is 0 Å². The number of rotatable bonds is 68. The van der Waals surface area contributed by atoms with E-state index in [1.165, 1.54) is 32.6 Å². The molecule has 0 radical (unpaired) electrons. The van der Waals surface area contributed by atoms with Crippen LogP contribution in [0.5, 0.6) is 46.0 Å². The maximum absolute atomic E-state index is 12.0. The molecule has 0 aliphatic carbocycles. The van der Waals surface area contributed by atoms with E-state index in [4.69, 9.17) is 37.9 Å². The molecule has 0 fully saturated rings. The highest BCUT2D eigenvalue weighted by Crippen LogP contribution is 2.37. The number of Topliss-reactive ketones (excluding diaryl/α,β-unsaturated/α-hetero) is 7. The van der Waals surface area contributed by atoms with Crippen molar-refractivity contribution in [3.8, 4) is 46.0 Å². The Morgan fingerprint density at radius 2 is 0.537 bits per heavy atom. The molecule has 0 saturated carbocycles. The molecule has 2 atom stereocenters. The number of likely N-dealkylation sites (N-methyl/N-ethyl adjacent to an activating group) is 2. The van der Waals surface area contributed by atoms with Crippen LogP contribution < -0.4 is 69.8 Å². The minimum absolute atomic E-state index is 0.0219. The number of benzene rings is 4. The van der Waals surface area contributed by atoms with Crippen LogP contribution >= 0.6 is 0 Å². The molecule has 4 aromatic rings. The van der Waals surface area contributed by atoms with Gasteiger partial charge in [0.05, 0.1) is 64.9 Å². The first-order chi connectivity index (χ1) is 59.4. The summed E-state index contributed by atoms with van der Waals surface area (Å²) in [5.41, 5.74) is 6.85. The molecule has 704 valence electrons. The van der Waals surface area contributed by atoms with Gasteiger partial charge in [-0.3, -0.25) is 33.6 Å². The fourth-order valence-corrected chi connectivity index (χ4v) is 13.1. The number of nitrogens with one attached hydrogen (secondary N) is 6. The van der Waals surface area contributed by atoms with Gasteiger partial charge in [0, 0.05) is 63.9 Å². The fourth-order valence-electron chi connectivity index (χ4n) is 13.1. The van der Waals surface area contributed by atoms with Crippen molar-refractivity contribution in [2.45, 2.75) is 354 Å². The maximum Gasteiger partial charge on any atom is 0.160 e. The minimum atomic E-state index is -0.275. The van der Waals surface area contributed by atoms with E-state index < -0.39 is 0 Å². The number of unbranched alkanes of at least 4 members (excludes halogenated alkanes) is 18. The number of hydrogen-bond acceptors (Lipinski definition) is 21. The highest BCUT2D eigenvalue weighted by molar-refractivity contribution is 5.97. The quantitative estimate of drug-likeness (QED) is 0.0177. The molecule has 0 amide bonds. The zero-order chi connectivity index (χ0) is 92.2. The van der Waals surface area contributed by atoms with Gasteiger partial charge in [-0.25, -0.2) is 0 Å². The average molecular weight is 1730 g/mol. The van der Waals surface area contributed by atoms with Crippen LogP contribution in [0.15, 0.2) is 48.5 Å². The second-order valence-corrected chi connectivity index (χ2v) is 31.7. The van der Waals surface area contributed by atoms with Gasteiger partial charge in [-0.1, -0.05) is 177 Å². The van der Waals surface area contributed by atoms with Gasteiger partial charge in [-0.05, 0) is 256 Å². The Balaban J connectivity index is 0. The fraction of sp³-hybridized carbons (Fsp3) is 0.696. The Morgan fingerprint density at radius 1 is 0.285 bits per heavy atom. The second kappa shape index (κ2) is 79.4. The third-order valence-corrected chi connectivity index (χ3v) is 20.5. The highest BCUT2D eigenvalue weighted by Gasteiger charge is 2.22. The van der Waals surface area contributed by atoms with Crippen molar-refractivity contribution in [1.82, 2.24) is 31.9 Å². The predicted octanol–water partition coefficient (Wildman–Crippen LogP) is 22.2. The lowest BCUT2D eigenvalue weighted by Gasteiger charge is -2.18. The van der Waals surface area contributed by atoms with Crippen molar-refractivity contribution in [3.63, 3.8) is 0 Å². The van der Waals surface area contributed by atoms with Gasteiger partial charge in [0.15, 0.2) is 23.1 Å². The molecule has 0 aliphatic rings. The molecule has 0 bridgehead atoms. The standard InChI is InChI=1S/2C22H37NO3.C20H33NO3.C16H25NO3.C14H27NO2.C8H17NO/c2*1-5-7-9-14-25-21-16-19(18(3)24)17-22(26-15-10-8-6-2)20(21)12-11-13-23-4;1-5-7-9-11-23-19-13-17(16(3)22)14-20(18(19)15-21-4)24-12-10-8-6-2;1-5-19-15-10-13(12(3)18)11-16(20-6-2)14(15)8-7-9-17-4;1-4-5-6-7-8-9-10-14(17)13(15-3)11-12(2)16;1-4-5-6-8(9-3)7(2)10/h2*16-17,23H,5-15H2,1-4H3;13-14,21H,5-12,15H2,1-4H3;10-11,17H,5-9H2,1-4H3;13,15H,4-11H2,1-3H3;8-9H,4-6H2,1-3H3/t;;;;13-;8-/m....00/s1. The SMILES string of the molecule is CCCCCCCCC(=O)[C@H](CC(C)=O)NC.CCCCCOc1cc(C(C)=O)cc(OCCCCC)c1CCCNC.CCCCCOc1cc(C(C)=O)cc(OCCCCC)c1CCCNC.CCCCCOc1cc(C(C)=O)cc(OCCCCC)c1CNC.CCCC[C@H](NC)C(C)=O.CCOc1cc(C(C)=O)cc(OCC)c1CCCNC. The van der Waals surface area contributed by atoms with Crippen molar-refractivity contribution in [3.05, 3.63) is 93.0 Å². The lowest BCUT2D eigenvalue weighted by atomic mass is 10.0. The predicted molar refractivity (Wildman–Crippen MR) is 512 cm³/mol. The first-order valence-electron chi connectivity index (χ1n) is 47.6. The van der Waals surface area contributed by atoms with Gasteiger partial charge in [0.1, 0.15) is 63.3 Å². The summed E-state index contributed by atoms with van der Waals surface area (Å²) in [6.45, 7) is 39.5. The largest absolute Gasteiger partial charge is 0.493 e. The lowest BCUT2D eigenvalue weighted by molar-refractivity contribution is -0.125. The molecule has 21 heteroatoms. The second-order valence-electron chi connectivity index (χ2n) is 31.7. The molecular weight excluding hydrogens is 1550 g/mol. The van der Waals surface area contributed by atoms with Crippen molar-refractivity contribution in [1.29, 1.82) is 0 Å². The first-order valence-corrected chi connectivity index (χ1v) is 47.6. The topological polar surface area (TPSA) is 266 Å². The van der Waals surface area contributed by atoms with Gasteiger partial charge >= 0.3 is 0 Å². The van der Waals surface area contributed by atoms with Crippen molar-refractivity contribution < 1.29 is 71.5 Å². The maximum atomic E-state index is 12.0. The third-order valence-electron chi connectivity index (χ3n) is 20.5. The van der Waals surface area contributed by atoms with Gasteiger partial charge < -0.3 is 69.8 Å². The van der Waals surface area contributed by atoms with E-state index in [1.807, 2.05) is 97.6 Å². The highest BCUT2D eigenvalue weighted by atomic mass is 16.5. The van der Waals surface area contributed by atoms with Crippen LogP contribution in [0.4, 0.5) is 0 Å². The van der Waals surface area contributed by atoms with E-state index in [1.54, 1.807) is 41.7 Å². The number of ether oxygens (including phenoxy) is 8. The summed E-state index contributed by atoms with van der Waals surface area (Å²) in [4.78, 5) is 80.9. The Bertz CT molecular complexity index is 3190. The molecule has 4 rings (SSSR count). The van der Waals surface area contributed by atoms with Crippen molar-refractivity contribution in [2.24, 2.45) is 0 Å². The monoisotopic (exact) mass is 1730 g/mol. The molecule has 0 aliphatic heterocycles. The molecular formula is C102H176N6O15. The van der Waals surface area contributed by atoms with E-state index in [0.29, 0.717) is 94.5 Å². The number of ketones is 7. The molecule has 0 spiro atoms. The minimum Gasteiger partial charge on any atom is -0.493 e. The van der Waals surface area contributed by atoms with Crippen molar-refractivity contribution in [2.75, 3.05) is 115 Å². The van der Waals surface area contributed by atoms with E-state index in [-0.39, 0.29) is 52.6 Å². The molecule has 0 heterocycles. The van der Waals surface area contributed by atoms with Gasteiger partial charge in [-0.15, -0.1) is 0 Å². The zero-order valence-electron chi connectivity index (χ0n) is 81.6. The molecule has 6 N–H and O–H groups in total. The van der Waals surface area contributed by atoms with Crippen LogP contribution in [0.3, 0.4) is 0 Å². The molecule has 0 unspecified atom stereocenters. The molecule has 0 aromatic heterocycles. The van der Waals surface area contributed by atoms with E-state index in [9.17, 15) is 33.6 Å². The van der Waals surface area contributed by atoms with Gasteiger partial charge in [-0.2, -0.15) is 0 Å². The van der Waals surface area contributed by atoms with Crippen LogP contribution in [-0.2, 0) is 40.2 Å². The Hall–Kier alpha value is -7.27. The smallest absolute Gasteiger partial charge is 0.160 e. The summed E-state index contributed by atoms with van der Waals surface area (Å²) in [5.74, 6) is 6.95. The van der Waals surface area contributed by atoms with E-state index in [2.05, 4.69) is 87.3 Å². The number of carbonyl (C=O) groups is 7. The average Bonchev–Trinajstić information content (AvgIpc) is 0.837. The summed E-state index contributed by atoms with van der Waals surface area (Å²) >= 11 is 0. The van der Waals surface area contributed by atoms with E-state index in [0.717, 1.165) is 274 Å². The Morgan fingerprint density at radius 3 is 0.764 bits per heavy atom. The first kappa shape index (κ1) is 118. The Kier molecular flexibility index (Phi) is 76.0. The molecule has 123 heavy (non-hydrogen) atoms. The van der Waals surface area contributed by atoms with Gasteiger partial charge in [0.2, 0.25) is 0 Å². The lowest BCUT2D eigenvalue weighted by Crippen LogP contribution is -2.35. The molecule has 21 nitrogen and oxygen atoms in total. The van der Waals surface area contributed by atoms with E-state index >= 15 is 0 Å². The third kappa shape index (κ3) is 56.4. The Labute approximate surface area is 747 Å². The summed E-state index contributed by atoms with van der Waals surface area (Å²) in [6.07, 6.45) is 37.0. The number of hydrogen-bond donors (Lipinski definition) is 6. The summed E-state index contributed by atoms with van der Waals surface area (Å²) < 4.78 is 47.6. The normalized spacial score (nSPS) is 11.1. The number of carbonyl (C=O) groups excluding carboxylic acids is 7. The molecule has 4 aromatic carbocycles. The van der Waals surface area contributed by atoms with Crippen LogP contribution in [-0.4, -0.2) is 167 Å². The summed E-state index contributed by atoms with van der Waals surface area (Å²) in [6, 6.07) is 14.7.